The molecule has 1 N–H and O–H groups in total. The normalized spacial score (nSPS) is 14.0. The van der Waals surface area contributed by atoms with Crippen molar-refractivity contribution in [1.29, 1.82) is 0 Å². The van der Waals surface area contributed by atoms with Gasteiger partial charge in [0.2, 0.25) is 0 Å². The van der Waals surface area contributed by atoms with E-state index in [0.717, 1.165) is 18.5 Å². The summed E-state index contributed by atoms with van der Waals surface area (Å²) in [7, 11) is 5.30. The molecule has 1 aromatic carbocycles. The Hall–Kier alpha value is -1.39. The maximum atomic E-state index is 12.4. The van der Waals surface area contributed by atoms with Crippen LogP contribution in [-0.4, -0.2) is 45.2 Å². The zero-order valence-corrected chi connectivity index (χ0v) is 13.7. The third-order valence-corrected chi connectivity index (χ3v) is 3.88. The van der Waals surface area contributed by atoms with E-state index in [0.29, 0.717) is 6.54 Å². The fourth-order valence-electron chi connectivity index (χ4n) is 2.61. The molecule has 4 heteroatoms. The number of rotatable bonds is 9. The molecule has 0 aliphatic rings. The molecular weight excluding hydrogens is 264 g/mol. The SMILES string of the molecule is CCCCCN(C)CC(NC)(C(=O)OC)c1ccccc1. The number of ether oxygens (including phenoxy) is 1. The van der Waals surface area contributed by atoms with Gasteiger partial charge in [-0.1, -0.05) is 50.1 Å². The van der Waals surface area contributed by atoms with Crippen LogP contribution in [0.2, 0.25) is 0 Å². The lowest BCUT2D eigenvalue weighted by Crippen LogP contribution is -2.55. The second-order valence-corrected chi connectivity index (χ2v) is 5.46. The predicted octanol–water partition coefficient (Wildman–Crippen LogP) is 2.40. The number of nitrogens with one attached hydrogen (secondary N) is 1. The minimum absolute atomic E-state index is 0.251. The Bertz CT molecular complexity index is 422. The highest BCUT2D eigenvalue weighted by Crippen LogP contribution is 2.24. The minimum atomic E-state index is -0.822. The highest BCUT2D eigenvalue weighted by Gasteiger charge is 2.40. The molecule has 0 amide bonds. The predicted molar refractivity (Wildman–Crippen MR) is 86.2 cm³/mol. The molecule has 1 atom stereocenters. The van der Waals surface area contributed by atoms with E-state index in [2.05, 4.69) is 17.1 Å². The number of methoxy groups -OCH3 is 1. The average molecular weight is 292 g/mol. The smallest absolute Gasteiger partial charge is 0.332 e. The Balaban J connectivity index is 2.94. The van der Waals surface area contributed by atoms with Gasteiger partial charge in [-0.2, -0.15) is 0 Å². The van der Waals surface area contributed by atoms with E-state index in [1.807, 2.05) is 44.4 Å². The van der Waals surface area contributed by atoms with Gasteiger partial charge < -0.3 is 15.0 Å². The Morgan fingerprint density at radius 1 is 1.29 bits per heavy atom. The summed E-state index contributed by atoms with van der Waals surface area (Å²) in [5, 5.41) is 3.19. The molecule has 1 aromatic rings. The van der Waals surface area contributed by atoms with Crippen LogP contribution in [0.15, 0.2) is 30.3 Å². The summed E-state index contributed by atoms with van der Waals surface area (Å²) in [6.07, 6.45) is 3.55. The van der Waals surface area contributed by atoms with Gasteiger partial charge in [0.15, 0.2) is 5.54 Å². The van der Waals surface area contributed by atoms with Crippen molar-refractivity contribution in [1.82, 2.24) is 10.2 Å². The van der Waals surface area contributed by atoms with Crippen LogP contribution in [0.5, 0.6) is 0 Å². The van der Waals surface area contributed by atoms with E-state index in [4.69, 9.17) is 4.74 Å². The van der Waals surface area contributed by atoms with E-state index in [-0.39, 0.29) is 5.97 Å². The number of carbonyl (C=O) groups excluding carboxylic acids is 1. The first-order valence-electron chi connectivity index (χ1n) is 7.62. The fourth-order valence-corrected chi connectivity index (χ4v) is 2.61. The van der Waals surface area contributed by atoms with Crippen LogP contribution in [-0.2, 0) is 15.1 Å². The molecular formula is C17H28N2O2. The molecule has 0 saturated carbocycles. The Morgan fingerprint density at radius 3 is 2.48 bits per heavy atom. The van der Waals surface area contributed by atoms with Crippen molar-refractivity contribution >= 4 is 5.97 Å². The number of unbranched alkanes of at least 4 members (excludes halogenated alkanes) is 2. The molecule has 1 unspecified atom stereocenters. The third kappa shape index (κ3) is 4.55. The number of nitrogens with zero attached hydrogens (tertiary/aromatic N) is 1. The van der Waals surface area contributed by atoms with E-state index in [1.165, 1.54) is 20.0 Å². The highest BCUT2D eigenvalue weighted by atomic mass is 16.5. The molecule has 0 aliphatic carbocycles. The minimum Gasteiger partial charge on any atom is -0.467 e. The number of esters is 1. The third-order valence-electron chi connectivity index (χ3n) is 3.88. The molecule has 0 spiro atoms. The van der Waals surface area contributed by atoms with E-state index >= 15 is 0 Å². The Morgan fingerprint density at radius 2 is 1.95 bits per heavy atom. The maximum absolute atomic E-state index is 12.4. The second kappa shape index (κ2) is 8.80. The van der Waals surface area contributed by atoms with Crippen LogP contribution in [0, 0.1) is 0 Å². The van der Waals surface area contributed by atoms with Gasteiger partial charge >= 0.3 is 5.97 Å². The molecule has 0 aromatic heterocycles. The summed E-state index contributed by atoms with van der Waals surface area (Å²) in [6, 6.07) is 9.77. The topological polar surface area (TPSA) is 41.6 Å². The van der Waals surface area contributed by atoms with Crippen molar-refractivity contribution in [3.8, 4) is 0 Å². The summed E-state index contributed by atoms with van der Waals surface area (Å²) in [4.78, 5) is 14.6. The van der Waals surface area contributed by atoms with Crippen LogP contribution in [0.1, 0.15) is 31.7 Å². The molecule has 1 rings (SSSR count). The zero-order chi connectivity index (χ0) is 15.7. The largest absolute Gasteiger partial charge is 0.467 e. The summed E-state index contributed by atoms with van der Waals surface area (Å²) in [6.45, 7) is 3.75. The van der Waals surface area contributed by atoms with Crippen LogP contribution in [0.25, 0.3) is 0 Å². The molecule has 118 valence electrons. The number of carbonyl (C=O) groups is 1. The van der Waals surface area contributed by atoms with Crippen molar-refractivity contribution in [2.45, 2.75) is 31.7 Å². The molecule has 0 bridgehead atoms. The number of hydrogen-bond acceptors (Lipinski definition) is 4. The molecule has 0 fully saturated rings. The van der Waals surface area contributed by atoms with Gasteiger partial charge in [0.1, 0.15) is 0 Å². The van der Waals surface area contributed by atoms with E-state index in [1.54, 1.807) is 0 Å². The van der Waals surface area contributed by atoms with Crippen molar-refractivity contribution < 1.29 is 9.53 Å². The van der Waals surface area contributed by atoms with Crippen LogP contribution in [0.4, 0.5) is 0 Å². The van der Waals surface area contributed by atoms with Gasteiger partial charge in [-0.3, -0.25) is 0 Å². The van der Waals surface area contributed by atoms with E-state index in [9.17, 15) is 4.79 Å². The molecule has 0 heterocycles. The Kier molecular flexibility index (Phi) is 7.40. The van der Waals surface area contributed by atoms with Gasteiger partial charge in [0.05, 0.1) is 7.11 Å². The van der Waals surface area contributed by atoms with Gasteiger partial charge in [-0.05, 0) is 32.6 Å². The van der Waals surface area contributed by atoms with Gasteiger partial charge in [-0.15, -0.1) is 0 Å². The first-order chi connectivity index (χ1) is 10.1. The standard InChI is InChI=1S/C17H28N2O2/c1-5-6-10-13-19(3)14-17(18-2,16(20)21-4)15-11-8-7-9-12-15/h7-9,11-12,18H,5-6,10,13-14H2,1-4H3. The van der Waals surface area contributed by atoms with Crippen molar-refractivity contribution in [2.24, 2.45) is 0 Å². The van der Waals surface area contributed by atoms with Gasteiger partial charge in [-0.25, -0.2) is 4.79 Å². The summed E-state index contributed by atoms with van der Waals surface area (Å²) < 4.78 is 5.06. The summed E-state index contributed by atoms with van der Waals surface area (Å²) >= 11 is 0. The lowest BCUT2D eigenvalue weighted by atomic mass is 9.89. The van der Waals surface area contributed by atoms with Crippen LogP contribution >= 0.6 is 0 Å². The molecule has 21 heavy (non-hydrogen) atoms. The average Bonchev–Trinajstić information content (AvgIpc) is 2.53. The number of likely N-dealkylation sites (N-methyl/N-ethyl adjacent to an activating group) is 2. The lowest BCUT2D eigenvalue weighted by molar-refractivity contribution is -0.149. The molecule has 0 saturated heterocycles. The van der Waals surface area contributed by atoms with Crippen molar-refractivity contribution in [3.05, 3.63) is 35.9 Å². The van der Waals surface area contributed by atoms with Crippen molar-refractivity contribution in [2.75, 3.05) is 34.3 Å². The molecule has 4 nitrogen and oxygen atoms in total. The fraction of sp³-hybridized carbons (Fsp3) is 0.588. The molecule has 0 aliphatic heterocycles. The van der Waals surface area contributed by atoms with E-state index < -0.39 is 5.54 Å². The van der Waals surface area contributed by atoms with Crippen LogP contribution < -0.4 is 5.32 Å². The highest BCUT2D eigenvalue weighted by molar-refractivity contribution is 5.83. The molecule has 0 radical (unpaired) electrons. The van der Waals surface area contributed by atoms with Crippen LogP contribution in [0.3, 0.4) is 0 Å². The lowest BCUT2D eigenvalue weighted by Gasteiger charge is -2.35. The first kappa shape index (κ1) is 17.7. The maximum Gasteiger partial charge on any atom is 0.332 e. The zero-order valence-electron chi connectivity index (χ0n) is 13.7. The summed E-state index contributed by atoms with van der Waals surface area (Å²) in [5.41, 5.74) is 0.110. The first-order valence-corrected chi connectivity index (χ1v) is 7.62. The number of hydrogen-bond donors (Lipinski definition) is 1. The second-order valence-electron chi connectivity index (χ2n) is 5.46. The van der Waals surface area contributed by atoms with Crippen molar-refractivity contribution in [3.63, 3.8) is 0 Å². The Labute approximate surface area is 128 Å². The number of benzene rings is 1. The summed E-state index contributed by atoms with van der Waals surface area (Å²) in [5.74, 6) is -0.251. The van der Waals surface area contributed by atoms with Gasteiger partial charge in [0, 0.05) is 6.54 Å². The quantitative estimate of drug-likeness (QED) is 0.560. The van der Waals surface area contributed by atoms with Gasteiger partial charge in [0.25, 0.3) is 0 Å². The monoisotopic (exact) mass is 292 g/mol.